The standard InChI is InChI=1S/C10H19ClO5P2/c1-5-16-17(12)6-8(2)10(11)9(7-17)18(13,14-3)15-4/h9H,5-7H2,1-4H3. The van der Waals surface area contributed by atoms with Gasteiger partial charge in [0, 0.05) is 31.6 Å². The van der Waals surface area contributed by atoms with Gasteiger partial charge in [-0.3, -0.25) is 9.13 Å². The van der Waals surface area contributed by atoms with Crippen molar-refractivity contribution in [3.05, 3.63) is 10.6 Å². The summed E-state index contributed by atoms with van der Waals surface area (Å²) in [7, 11) is -3.66. The fourth-order valence-electron chi connectivity index (χ4n) is 2.03. The predicted molar refractivity (Wildman–Crippen MR) is 72.9 cm³/mol. The van der Waals surface area contributed by atoms with Gasteiger partial charge in [0.25, 0.3) is 0 Å². The molecule has 0 spiro atoms. The van der Waals surface area contributed by atoms with Crippen LogP contribution in [0.25, 0.3) is 0 Å². The minimum absolute atomic E-state index is 0.0932. The highest BCUT2D eigenvalue weighted by atomic mass is 35.5. The van der Waals surface area contributed by atoms with Crippen LogP contribution in [0.2, 0.25) is 0 Å². The topological polar surface area (TPSA) is 61.8 Å². The van der Waals surface area contributed by atoms with E-state index in [0.29, 0.717) is 17.8 Å². The third-order valence-electron chi connectivity index (χ3n) is 2.88. The molecule has 0 bridgehead atoms. The van der Waals surface area contributed by atoms with Gasteiger partial charge in [0.2, 0.25) is 7.37 Å². The molecule has 1 rings (SSSR count). The second-order valence-corrected chi connectivity index (χ2v) is 9.53. The van der Waals surface area contributed by atoms with E-state index in [1.54, 1.807) is 13.8 Å². The fraction of sp³-hybridized carbons (Fsp3) is 0.800. The lowest BCUT2D eigenvalue weighted by Gasteiger charge is -2.32. The number of hydrogen-bond acceptors (Lipinski definition) is 5. The molecule has 2 atom stereocenters. The van der Waals surface area contributed by atoms with Crippen molar-refractivity contribution >= 4 is 26.6 Å². The van der Waals surface area contributed by atoms with Gasteiger partial charge in [-0.15, -0.1) is 0 Å². The first-order valence-electron chi connectivity index (χ1n) is 5.61. The highest BCUT2D eigenvalue weighted by Gasteiger charge is 2.46. The molecule has 2 unspecified atom stereocenters. The van der Waals surface area contributed by atoms with Crippen LogP contribution in [0.5, 0.6) is 0 Å². The Balaban J connectivity index is 3.16. The maximum absolute atomic E-state index is 12.5. The molecule has 106 valence electrons. The zero-order chi connectivity index (χ0) is 14.0. The minimum Gasteiger partial charge on any atom is -0.328 e. The molecule has 0 aliphatic carbocycles. The van der Waals surface area contributed by atoms with Gasteiger partial charge in [-0.1, -0.05) is 11.6 Å². The van der Waals surface area contributed by atoms with Crippen LogP contribution in [-0.2, 0) is 22.7 Å². The molecule has 0 radical (unpaired) electrons. The van der Waals surface area contributed by atoms with Gasteiger partial charge in [0.15, 0.2) is 0 Å². The van der Waals surface area contributed by atoms with Crippen LogP contribution < -0.4 is 0 Å². The van der Waals surface area contributed by atoms with E-state index in [1.807, 2.05) is 0 Å². The van der Waals surface area contributed by atoms with Crippen molar-refractivity contribution in [2.45, 2.75) is 19.5 Å². The Morgan fingerprint density at radius 3 is 2.44 bits per heavy atom. The van der Waals surface area contributed by atoms with Crippen molar-refractivity contribution in [3.63, 3.8) is 0 Å². The van der Waals surface area contributed by atoms with Crippen molar-refractivity contribution in [3.8, 4) is 0 Å². The predicted octanol–water partition coefficient (Wildman–Crippen LogP) is 3.68. The summed E-state index contributed by atoms with van der Waals surface area (Å²) in [6, 6.07) is 0. The summed E-state index contributed by atoms with van der Waals surface area (Å²) in [5.41, 5.74) is 0.0133. The molecule has 0 amide bonds. The largest absolute Gasteiger partial charge is 0.339 e. The van der Waals surface area contributed by atoms with Crippen molar-refractivity contribution in [2.24, 2.45) is 0 Å². The Labute approximate surface area is 113 Å². The maximum Gasteiger partial charge on any atom is 0.339 e. The summed E-state index contributed by atoms with van der Waals surface area (Å²) in [4.78, 5) is 0. The van der Waals surface area contributed by atoms with Gasteiger partial charge >= 0.3 is 7.60 Å². The molecule has 0 fully saturated rings. The van der Waals surface area contributed by atoms with E-state index in [4.69, 9.17) is 25.2 Å². The summed E-state index contributed by atoms with van der Waals surface area (Å²) in [5.74, 6) is 0. The lowest BCUT2D eigenvalue weighted by molar-refractivity contribution is 0.269. The average molecular weight is 317 g/mol. The Bertz CT molecular complexity index is 426. The molecule has 0 N–H and O–H groups in total. The Morgan fingerprint density at radius 2 is 2.00 bits per heavy atom. The van der Waals surface area contributed by atoms with Gasteiger partial charge in [0.05, 0.1) is 6.61 Å². The molecule has 0 aromatic rings. The van der Waals surface area contributed by atoms with E-state index in [2.05, 4.69) is 0 Å². The molecule has 0 aromatic carbocycles. The first-order chi connectivity index (χ1) is 8.32. The lowest BCUT2D eigenvalue weighted by Crippen LogP contribution is -2.24. The highest BCUT2D eigenvalue weighted by Crippen LogP contribution is 2.64. The Hall–Kier alpha value is 0.370. The quantitative estimate of drug-likeness (QED) is 0.724. The second-order valence-electron chi connectivity index (χ2n) is 4.12. The van der Waals surface area contributed by atoms with Crippen LogP contribution in [0.15, 0.2) is 10.6 Å². The molecule has 0 saturated carbocycles. The van der Waals surface area contributed by atoms with E-state index in [9.17, 15) is 9.13 Å². The molecule has 1 aliphatic rings. The second kappa shape index (κ2) is 6.21. The maximum atomic E-state index is 12.5. The van der Waals surface area contributed by atoms with Crippen LogP contribution in [0.4, 0.5) is 0 Å². The molecule has 18 heavy (non-hydrogen) atoms. The number of hydrogen-bond donors (Lipinski definition) is 0. The SMILES string of the molecule is CCOP1(=O)CC(C)=C(Cl)C(P(=O)(OC)OC)C1. The Kier molecular flexibility index (Phi) is 5.67. The molecular weight excluding hydrogens is 298 g/mol. The zero-order valence-corrected chi connectivity index (χ0v) is 13.6. The third kappa shape index (κ3) is 3.27. The van der Waals surface area contributed by atoms with Gasteiger partial charge in [-0.05, 0) is 19.4 Å². The van der Waals surface area contributed by atoms with E-state index in [1.165, 1.54) is 14.2 Å². The van der Waals surface area contributed by atoms with Crippen molar-refractivity contribution < 1.29 is 22.7 Å². The number of halogens is 1. The van der Waals surface area contributed by atoms with Gasteiger partial charge in [0.1, 0.15) is 5.66 Å². The number of allylic oxidation sites excluding steroid dienone is 2. The smallest absolute Gasteiger partial charge is 0.328 e. The summed E-state index contributed by atoms with van der Waals surface area (Å²) in [5, 5.41) is 0.410. The van der Waals surface area contributed by atoms with Crippen molar-refractivity contribution in [2.75, 3.05) is 33.2 Å². The molecule has 8 heteroatoms. The minimum atomic E-state index is -3.40. The third-order valence-corrected chi connectivity index (χ3v) is 8.74. The van der Waals surface area contributed by atoms with Crippen molar-refractivity contribution in [1.82, 2.24) is 0 Å². The van der Waals surface area contributed by atoms with Crippen LogP contribution in [0, 0.1) is 0 Å². The highest BCUT2D eigenvalue weighted by molar-refractivity contribution is 7.62. The first kappa shape index (κ1) is 16.4. The van der Waals surface area contributed by atoms with E-state index in [0.717, 1.165) is 5.57 Å². The van der Waals surface area contributed by atoms with E-state index in [-0.39, 0.29) is 6.16 Å². The molecule has 0 aromatic heterocycles. The van der Waals surface area contributed by atoms with Crippen LogP contribution in [0.1, 0.15) is 13.8 Å². The average Bonchev–Trinajstić information content (AvgIpc) is 2.33. The van der Waals surface area contributed by atoms with Crippen LogP contribution in [-0.4, -0.2) is 38.8 Å². The fourth-order valence-corrected chi connectivity index (χ4v) is 7.84. The summed E-state index contributed by atoms with van der Waals surface area (Å²) >= 11 is 6.17. The number of rotatable bonds is 5. The van der Waals surface area contributed by atoms with Gasteiger partial charge in [-0.2, -0.15) is 0 Å². The van der Waals surface area contributed by atoms with Gasteiger partial charge in [-0.25, -0.2) is 0 Å². The molecule has 0 saturated heterocycles. The van der Waals surface area contributed by atoms with Crippen molar-refractivity contribution in [1.29, 1.82) is 0 Å². The van der Waals surface area contributed by atoms with E-state index < -0.39 is 20.6 Å². The van der Waals surface area contributed by atoms with Gasteiger partial charge < -0.3 is 13.6 Å². The summed E-state index contributed by atoms with van der Waals surface area (Å²) < 4.78 is 40.2. The first-order valence-corrected chi connectivity index (χ1v) is 9.59. The monoisotopic (exact) mass is 316 g/mol. The molecular formula is C10H19ClO5P2. The lowest BCUT2D eigenvalue weighted by atomic mass is 10.2. The summed E-state index contributed by atoms with van der Waals surface area (Å²) in [6.45, 7) is 3.88. The summed E-state index contributed by atoms with van der Waals surface area (Å²) in [6.07, 6.45) is 0.388. The molecule has 5 nitrogen and oxygen atoms in total. The molecule has 1 heterocycles. The van der Waals surface area contributed by atoms with Crippen LogP contribution >= 0.6 is 26.6 Å². The Morgan fingerprint density at radius 1 is 1.44 bits per heavy atom. The molecule has 1 aliphatic heterocycles. The van der Waals surface area contributed by atoms with Crippen LogP contribution in [0.3, 0.4) is 0 Å². The van der Waals surface area contributed by atoms with E-state index >= 15 is 0 Å². The zero-order valence-electron chi connectivity index (χ0n) is 11.0. The normalized spacial score (nSPS) is 29.7.